The molecule has 3 heterocycles. The summed E-state index contributed by atoms with van der Waals surface area (Å²) in [6, 6.07) is 4.65. The molecule has 0 radical (unpaired) electrons. The Morgan fingerprint density at radius 1 is 0.941 bits per heavy atom. The van der Waals surface area contributed by atoms with Gasteiger partial charge in [-0.15, -0.1) is 10.2 Å². The van der Waals surface area contributed by atoms with E-state index in [0.29, 0.717) is 5.88 Å². The number of alkyl halides is 6. The lowest BCUT2D eigenvalue weighted by atomic mass is 10.0. The van der Waals surface area contributed by atoms with Crippen molar-refractivity contribution < 1.29 is 50.9 Å². The number of piperidine rings is 1. The fraction of sp³-hybridized carbons (Fsp3) is 0.667. The number of ether oxygens (including phenoxy) is 1. The SMILES string of the molecule is COc1ccc(N2CCC(N3CCSCC3)CC2)nn1.O=C(O)C(F)(F)F.O=C(O)C(F)(F)F. The van der Waals surface area contributed by atoms with Crippen LogP contribution in [0.5, 0.6) is 5.88 Å². The van der Waals surface area contributed by atoms with E-state index in [9.17, 15) is 26.3 Å². The maximum absolute atomic E-state index is 10.6. The minimum Gasteiger partial charge on any atom is -0.480 e. The highest BCUT2D eigenvalue weighted by atomic mass is 32.2. The average molecular weight is 522 g/mol. The lowest BCUT2D eigenvalue weighted by Crippen LogP contribution is -2.48. The van der Waals surface area contributed by atoms with Crippen LogP contribution in [0.2, 0.25) is 0 Å². The van der Waals surface area contributed by atoms with Crippen LogP contribution in [0.1, 0.15) is 12.8 Å². The zero-order chi connectivity index (χ0) is 25.9. The molecule has 0 aromatic carbocycles. The molecular weight excluding hydrogens is 498 g/mol. The molecule has 0 bridgehead atoms. The molecule has 16 heteroatoms. The Hall–Kier alpha value is -2.49. The molecule has 1 aromatic rings. The number of hydrogen-bond acceptors (Lipinski definition) is 8. The molecule has 9 nitrogen and oxygen atoms in total. The molecule has 0 atom stereocenters. The molecule has 194 valence electrons. The molecule has 0 aliphatic carbocycles. The van der Waals surface area contributed by atoms with Crippen molar-refractivity contribution in [3.63, 3.8) is 0 Å². The molecule has 0 amide bonds. The van der Waals surface area contributed by atoms with Gasteiger partial charge in [-0.3, -0.25) is 4.90 Å². The molecule has 0 saturated carbocycles. The van der Waals surface area contributed by atoms with Crippen molar-refractivity contribution in [3.8, 4) is 5.88 Å². The summed E-state index contributed by atoms with van der Waals surface area (Å²) in [5, 5.41) is 22.5. The van der Waals surface area contributed by atoms with E-state index < -0.39 is 24.3 Å². The van der Waals surface area contributed by atoms with E-state index in [1.807, 2.05) is 12.1 Å². The molecule has 2 saturated heterocycles. The van der Waals surface area contributed by atoms with Crippen molar-refractivity contribution in [3.05, 3.63) is 12.1 Å². The third-order valence-corrected chi connectivity index (χ3v) is 5.61. The maximum Gasteiger partial charge on any atom is 0.490 e. The third kappa shape index (κ3) is 10.6. The van der Waals surface area contributed by atoms with Gasteiger partial charge in [0.2, 0.25) is 5.88 Å². The molecule has 2 aliphatic rings. The third-order valence-electron chi connectivity index (χ3n) is 4.67. The summed E-state index contributed by atoms with van der Waals surface area (Å²) < 4.78 is 68.5. The smallest absolute Gasteiger partial charge is 0.480 e. The number of nitrogens with zero attached hydrogens (tertiary/aromatic N) is 4. The van der Waals surface area contributed by atoms with Gasteiger partial charge in [-0.1, -0.05) is 0 Å². The van der Waals surface area contributed by atoms with Crippen LogP contribution in [0, 0.1) is 0 Å². The number of halogens is 6. The highest BCUT2D eigenvalue weighted by Crippen LogP contribution is 2.23. The Morgan fingerprint density at radius 2 is 1.41 bits per heavy atom. The molecule has 2 N–H and O–H groups in total. The van der Waals surface area contributed by atoms with E-state index in [1.54, 1.807) is 7.11 Å². The summed E-state index contributed by atoms with van der Waals surface area (Å²) in [4.78, 5) is 22.8. The van der Waals surface area contributed by atoms with Crippen LogP contribution in [-0.2, 0) is 9.59 Å². The van der Waals surface area contributed by atoms with Crippen molar-refractivity contribution >= 4 is 29.5 Å². The van der Waals surface area contributed by atoms with Gasteiger partial charge in [0.05, 0.1) is 7.11 Å². The van der Waals surface area contributed by atoms with Crippen LogP contribution in [0.3, 0.4) is 0 Å². The zero-order valence-corrected chi connectivity index (χ0v) is 18.8. The van der Waals surface area contributed by atoms with Crippen molar-refractivity contribution in [1.82, 2.24) is 15.1 Å². The molecule has 2 aliphatic heterocycles. The van der Waals surface area contributed by atoms with Crippen molar-refractivity contribution in [2.24, 2.45) is 0 Å². The Morgan fingerprint density at radius 3 is 1.76 bits per heavy atom. The fourth-order valence-corrected chi connectivity index (χ4v) is 3.92. The summed E-state index contributed by atoms with van der Waals surface area (Å²) >= 11 is 2.08. The van der Waals surface area contributed by atoms with Gasteiger partial charge < -0.3 is 19.8 Å². The first-order valence-corrected chi connectivity index (χ1v) is 11.0. The highest BCUT2D eigenvalue weighted by Gasteiger charge is 2.38. The second-order valence-corrected chi connectivity index (χ2v) is 8.13. The van der Waals surface area contributed by atoms with Crippen LogP contribution in [0.25, 0.3) is 0 Å². The normalized spacial score (nSPS) is 17.6. The Labute approximate surface area is 195 Å². The number of aliphatic carboxylic acids is 2. The zero-order valence-electron chi connectivity index (χ0n) is 18.0. The van der Waals surface area contributed by atoms with E-state index >= 15 is 0 Å². The van der Waals surface area contributed by atoms with E-state index in [4.69, 9.17) is 24.5 Å². The lowest BCUT2D eigenvalue weighted by molar-refractivity contribution is -0.193. The van der Waals surface area contributed by atoms with Gasteiger partial charge >= 0.3 is 24.3 Å². The number of hydrogen-bond donors (Lipinski definition) is 2. The Kier molecular flexibility index (Phi) is 11.7. The first kappa shape index (κ1) is 29.5. The maximum atomic E-state index is 10.6. The van der Waals surface area contributed by atoms with Gasteiger partial charge in [-0.25, -0.2) is 9.59 Å². The van der Waals surface area contributed by atoms with E-state index in [1.165, 1.54) is 37.4 Å². The molecular formula is C18H24F6N4O5S. The molecule has 0 spiro atoms. The summed E-state index contributed by atoms with van der Waals surface area (Å²) in [5.74, 6) is -1.37. The quantitative estimate of drug-likeness (QED) is 0.574. The standard InChI is InChI=1S/C14H22N4OS.2C2HF3O2/c1-19-14-3-2-13(15-16-14)18-6-4-12(5-7-18)17-8-10-20-11-9-17;2*3-2(4,5)1(6)7/h2-3,12H,4-11H2,1H3;2*(H,6,7). The Balaban J connectivity index is 0.000000343. The largest absolute Gasteiger partial charge is 0.490 e. The van der Waals surface area contributed by atoms with Gasteiger partial charge in [0.1, 0.15) is 0 Å². The first-order chi connectivity index (χ1) is 15.8. The number of rotatable bonds is 3. The number of carboxylic acids is 2. The van der Waals surface area contributed by atoms with Crippen molar-refractivity contribution in [2.75, 3.05) is 49.7 Å². The number of anilines is 1. The second kappa shape index (κ2) is 13.4. The van der Waals surface area contributed by atoms with Crippen LogP contribution in [0.15, 0.2) is 12.1 Å². The van der Waals surface area contributed by atoms with Crippen LogP contribution < -0.4 is 9.64 Å². The number of aromatic nitrogens is 2. The number of methoxy groups -OCH3 is 1. The van der Waals surface area contributed by atoms with Crippen LogP contribution >= 0.6 is 11.8 Å². The van der Waals surface area contributed by atoms with Gasteiger partial charge in [-0.2, -0.15) is 38.1 Å². The number of thioether (sulfide) groups is 1. The predicted octanol–water partition coefficient (Wildman–Crippen LogP) is 2.77. The minimum atomic E-state index is -5.08. The van der Waals surface area contributed by atoms with E-state index in [0.717, 1.165) is 24.9 Å². The summed E-state index contributed by atoms with van der Waals surface area (Å²) in [5.41, 5.74) is 0. The topological polar surface area (TPSA) is 116 Å². The van der Waals surface area contributed by atoms with E-state index in [-0.39, 0.29) is 0 Å². The summed E-state index contributed by atoms with van der Waals surface area (Å²) in [7, 11) is 1.62. The highest BCUT2D eigenvalue weighted by molar-refractivity contribution is 7.99. The summed E-state index contributed by atoms with van der Waals surface area (Å²) in [6.45, 7) is 4.68. The second-order valence-electron chi connectivity index (χ2n) is 6.91. The number of carboxylic acid groups (broad SMARTS) is 2. The molecule has 34 heavy (non-hydrogen) atoms. The van der Waals surface area contributed by atoms with Gasteiger partial charge in [-0.05, 0) is 18.9 Å². The van der Waals surface area contributed by atoms with Crippen molar-refractivity contribution in [2.45, 2.75) is 31.2 Å². The summed E-state index contributed by atoms with van der Waals surface area (Å²) in [6.07, 6.45) is -7.70. The molecule has 1 aromatic heterocycles. The Bertz CT molecular complexity index is 744. The van der Waals surface area contributed by atoms with Gasteiger partial charge in [0, 0.05) is 49.8 Å². The lowest BCUT2D eigenvalue weighted by Gasteiger charge is -2.40. The minimum absolute atomic E-state index is 0.578. The molecule has 0 unspecified atom stereocenters. The fourth-order valence-electron chi connectivity index (χ4n) is 2.99. The van der Waals surface area contributed by atoms with Crippen LogP contribution in [-0.4, -0.2) is 100 Å². The monoisotopic (exact) mass is 522 g/mol. The first-order valence-electron chi connectivity index (χ1n) is 9.80. The van der Waals surface area contributed by atoms with Gasteiger partial charge in [0.15, 0.2) is 5.82 Å². The molecule has 3 rings (SSSR count). The van der Waals surface area contributed by atoms with Gasteiger partial charge in [0.25, 0.3) is 0 Å². The number of carbonyl (C=O) groups is 2. The predicted molar refractivity (Wildman–Crippen MR) is 110 cm³/mol. The van der Waals surface area contributed by atoms with Crippen molar-refractivity contribution in [1.29, 1.82) is 0 Å². The molecule has 2 fully saturated rings. The van der Waals surface area contributed by atoms with Crippen LogP contribution in [0.4, 0.5) is 32.2 Å². The van der Waals surface area contributed by atoms with E-state index in [2.05, 4.69) is 31.8 Å². The average Bonchev–Trinajstić information content (AvgIpc) is 2.79.